The van der Waals surface area contributed by atoms with Gasteiger partial charge in [-0.15, -0.1) is 0 Å². The van der Waals surface area contributed by atoms with Crippen molar-refractivity contribution in [2.24, 2.45) is 0 Å². The van der Waals surface area contributed by atoms with Gasteiger partial charge in [0.25, 0.3) is 0 Å². The van der Waals surface area contributed by atoms with E-state index in [0.717, 1.165) is 18.2 Å². The summed E-state index contributed by atoms with van der Waals surface area (Å²) < 4.78 is 31.4. The Hall–Kier alpha value is -0.290. The number of rotatable bonds is 21. The Labute approximate surface area is 164 Å². The number of unbranched alkanes of at least 4 members (excludes halogenated alkanes) is 1. The van der Waals surface area contributed by atoms with Crippen LogP contribution >= 0.6 is 15.9 Å². The molecule has 0 unspecified atom stereocenters. The van der Waals surface area contributed by atoms with Crippen LogP contribution in [0, 0.1) is 0 Å². The minimum atomic E-state index is -0.176. The van der Waals surface area contributed by atoms with Gasteiger partial charge >= 0.3 is 5.97 Å². The van der Waals surface area contributed by atoms with Gasteiger partial charge in [-0.25, -0.2) is 0 Å². The first-order chi connectivity index (χ1) is 12.8. The maximum absolute atomic E-state index is 11.3. The summed E-state index contributed by atoms with van der Waals surface area (Å²) in [4.78, 5) is 11.3. The van der Waals surface area contributed by atoms with Gasteiger partial charge in [-0.1, -0.05) is 15.9 Å². The Morgan fingerprint density at radius 1 is 0.654 bits per heavy atom. The molecule has 0 spiro atoms. The number of aliphatic hydroxyl groups excluding tert-OH is 1. The highest BCUT2D eigenvalue weighted by Gasteiger charge is 2.01. The Kier molecular flexibility index (Phi) is 22.5. The van der Waals surface area contributed by atoms with Gasteiger partial charge in [-0.2, -0.15) is 0 Å². The van der Waals surface area contributed by atoms with Crippen molar-refractivity contribution in [3.8, 4) is 0 Å². The van der Waals surface area contributed by atoms with Crippen LogP contribution in [0.25, 0.3) is 0 Å². The zero-order valence-electron chi connectivity index (χ0n) is 15.5. The second-order valence-corrected chi connectivity index (χ2v) is 5.95. The molecule has 0 saturated heterocycles. The first kappa shape index (κ1) is 25.7. The summed E-state index contributed by atoms with van der Waals surface area (Å²) in [5, 5.41) is 9.42. The summed E-state index contributed by atoms with van der Waals surface area (Å²) >= 11 is 3.32. The standard InChI is InChI=1S/C17H33BrO8/c18-4-2-1-3-17(20)26-16-15-25-14-13-24-12-11-23-10-9-22-8-7-21-6-5-19/h19H,1-16H2. The smallest absolute Gasteiger partial charge is 0.305 e. The fraction of sp³-hybridized carbons (Fsp3) is 0.941. The van der Waals surface area contributed by atoms with E-state index in [1.165, 1.54) is 0 Å². The van der Waals surface area contributed by atoms with E-state index in [0.29, 0.717) is 72.5 Å². The van der Waals surface area contributed by atoms with Crippen molar-refractivity contribution in [1.82, 2.24) is 0 Å². The van der Waals surface area contributed by atoms with Crippen LogP contribution in [0.3, 0.4) is 0 Å². The van der Waals surface area contributed by atoms with Crippen LogP contribution in [0.15, 0.2) is 0 Å². The molecule has 1 N–H and O–H groups in total. The molecule has 0 atom stereocenters. The summed E-state index contributed by atoms with van der Waals surface area (Å²) in [6.45, 7) is 4.90. The van der Waals surface area contributed by atoms with Crippen LogP contribution in [0.4, 0.5) is 0 Å². The number of hydrogen-bond acceptors (Lipinski definition) is 8. The summed E-state index contributed by atoms with van der Waals surface area (Å²) in [7, 11) is 0. The fourth-order valence-corrected chi connectivity index (χ4v) is 2.09. The van der Waals surface area contributed by atoms with E-state index in [-0.39, 0.29) is 19.2 Å². The summed E-state index contributed by atoms with van der Waals surface area (Å²) in [5.74, 6) is -0.176. The highest BCUT2D eigenvalue weighted by atomic mass is 79.9. The van der Waals surface area contributed by atoms with Crippen LogP contribution in [0.2, 0.25) is 0 Å². The van der Waals surface area contributed by atoms with Crippen molar-refractivity contribution >= 4 is 21.9 Å². The zero-order valence-corrected chi connectivity index (χ0v) is 17.1. The number of ether oxygens (including phenoxy) is 6. The lowest BCUT2D eigenvalue weighted by molar-refractivity contribution is -0.145. The quantitative estimate of drug-likeness (QED) is 0.160. The molecule has 9 heteroatoms. The number of hydrogen-bond donors (Lipinski definition) is 1. The molecule has 0 radical (unpaired) electrons. The molecule has 8 nitrogen and oxygen atoms in total. The number of alkyl halides is 1. The SMILES string of the molecule is O=C(CCCCBr)OCCOCCOCCOCCOCCOCCO. The summed E-state index contributed by atoms with van der Waals surface area (Å²) in [6, 6.07) is 0. The summed E-state index contributed by atoms with van der Waals surface area (Å²) in [5.41, 5.74) is 0. The molecular formula is C17H33BrO8. The van der Waals surface area contributed by atoms with E-state index in [1.807, 2.05) is 0 Å². The monoisotopic (exact) mass is 444 g/mol. The molecule has 0 heterocycles. The zero-order chi connectivity index (χ0) is 19.1. The minimum Gasteiger partial charge on any atom is -0.463 e. The molecule has 0 aromatic heterocycles. The maximum Gasteiger partial charge on any atom is 0.305 e. The van der Waals surface area contributed by atoms with E-state index in [9.17, 15) is 4.79 Å². The molecule has 0 aliphatic rings. The minimum absolute atomic E-state index is 0.0272. The van der Waals surface area contributed by atoms with Crippen LogP contribution < -0.4 is 0 Å². The molecule has 26 heavy (non-hydrogen) atoms. The van der Waals surface area contributed by atoms with Crippen LogP contribution in [-0.4, -0.2) is 95.7 Å². The maximum atomic E-state index is 11.3. The van der Waals surface area contributed by atoms with Gasteiger partial charge in [0.05, 0.1) is 72.7 Å². The number of carbonyl (C=O) groups excluding carboxylic acids is 1. The van der Waals surface area contributed by atoms with Gasteiger partial charge in [0.15, 0.2) is 0 Å². The highest BCUT2D eigenvalue weighted by molar-refractivity contribution is 9.09. The van der Waals surface area contributed by atoms with Gasteiger partial charge in [0.2, 0.25) is 0 Å². The van der Waals surface area contributed by atoms with Gasteiger partial charge in [-0.05, 0) is 12.8 Å². The lowest BCUT2D eigenvalue weighted by atomic mass is 10.2. The average Bonchev–Trinajstić information content (AvgIpc) is 2.64. The van der Waals surface area contributed by atoms with Crippen molar-refractivity contribution in [3.63, 3.8) is 0 Å². The molecule has 0 fully saturated rings. The second-order valence-electron chi connectivity index (χ2n) is 5.15. The lowest BCUT2D eigenvalue weighted by Gasteiger charge is -2.08. The van der Waals surface area contributed by atoms with E-state index in [2.05, 4.69) is 15.9 Å². The number of halogens is 1. The van der Waals surface area contributed by atoms with E-state index in [4.69, 9.17) is 33.5 Å². The second kappa shape index (κ2) is 22.8. The van der Waals surface area contributed by atoms with Crippen molar-refractivity contribution < 1.29 is 38.3 Å². The molecule has 0 aliphatic carbocycles. The highest BCUT2D eigenvalue weighted by Crippen LogP contribution is 2.00. The molecule has 0 aromatic carbocycles. The Morgan fingerprint density at radius 3 is 1.50 bits per heavy atom. The average molecular weight is 445 g/mol. The van der Waals surface area contributed by atoms with Gasteiger partial charge in [0.1, 0.15) is 6.61 Å². The molecular weight excluding hydrogens is 412 g/mol. The van der Waals surface area contributed by atoms with Crippen LogP contribution in [0.1, 0.15) is 19.3 Å². The predicted molar refractivity (Wildman–Crippen MR) is 99.8 cm³/mol. The normalized spacial score (nSPS) is 11.0. The largest absolute Gasteiger partial charge is 0.463 e. The molecule has 156 valence electrons. The van der Waals surface area contributed by atoms with E-state index < -0.39 is 0 Å². The van der Waals surface area contributed by atoms with Gasteiger partial charge in [-0.3, -0.25) is 4.79 Å². The molecule has 0 rings (SSSR count). The van der Waals surface area contributed by atoms with E-state index in [1.54, 1.807) is 0 Å². The Balaban J connectivity index is 3.06. The molecule has 0 aliphatic heterocycles. The molecule has 0 saturated carbocycles. The van der Waals surface area contributed by atoms with Crippen LogP contribution in [-0.2, 0) is 33.2 Å². The van der Waals surface area contributed by atoms with Gasteiger partial charge in [0, 0.05) is 11.8 Å². The third kappa shape index (κ3) is 21.8. The molecule has 0 aromatic rings. The van der Waals surface area contributed by atoms with Crippen molar-refractivity contribution in [3.05, 3.63) is 0 Å². The van der Waals surface area contributed by atoms with Gasteiger partial charge < -0.3 is 33.5 Å². The van der Waals surface area contributed by atoms with Crippen molar-refractivity contribution in [2.45, 2.75) is 19.3 Å². The molecule has 0 bridgehead atoms. The topological polar surface area (TPSA) is 92.7 Å². The Bertz CT molecular complexity index is 294. The predicted octanol–water partition coefficient (Wildman–Crippen LogP) is 1.17. The van der Waals surface area contributed by atoms with Crippen molar-refractivity contribution in [2.75, 3.05) is 84.6 Å². The fourth-order valence-electron chi connectivity index (χ4n) is 1.70. The lowest BCUT2D eigenvalue weighted by Crippen LogP contribution is -2.15. The Morgan fingerprint density at radius 2 is 1.08 bits per heavy atom. The number of carbonyl (C=O) groups is 1. The number of aliphatic hydroxyl groups is 1. The number of esters is 1. The third-order valence-corrected chi connectivity index (χ3v) is 3.54. The molecule has 0 amide bonds. The first-order valence-corrected chi connectivity index (χ1v) is 10.1. The first-order valence-electron chi connectivity index (χ1n) is 9.02. The van der Waals surface area contributed by atoms with E-state index >= 15 is 0 Å². The van der Waals surface area contributed by atoms with Crippen molar-refractivity contribution in [1.29, 1.82) is 0 Å². The van der Waals surface area contributed by atoms with Crippen LogP contribution in [0.5, 0.6) is 0 Å². The third-order valence-electron chi connectivity index (χ3n) is 2.98. The summed E-state index contributed by atoms with van der Waals surface area (Å²) in [6.07, 6.45) is 2.27.